The first kappa shape index (κ1) is 21.6. The van der Waals surface area contributed by atoms with Gasteiger partial charge in [-0.05, 0) is 53.8 Å². The van der Waals surface area contributed by atoms with Crippen molar-refractivity contribution in [2.75, 3.05) is 31.2 Å². The summed E-state index contributed by atoms with van der Waals surface area (Å²) in [6.45, 7) is 6.11. The van der Waals surface area contributed by atoms with Gasteiger partial charge in [0.25, 0.3) is 0 Å². The van der Waals surface area contributed by atoms with Crippen LogP contribution in [0, 0.1) is 5.92 Å². The predicted octanol–water partition coefficient (Wildman–Crippen LogP) is 3.08. The number of Topliss-reactive ketones (excluding diaryl/α,β-unsaturated/α-hetero) is 2. The van der Waals surface area contributed by atoms with Gasteiger partial charge >= 0.3 is 0 Å². The van der Waals surface area contributed by atoms with Crippen LogP contribution in [0.3, 0.4) is 0 Å². The van der Waals surface area contributed by atoms with Crippen LogP contribution in [0.1, 0.15) is 53.5 Å². The zero-order chi connectivity index (χ0) is 23.2. The third-order valence-corrected chi connectivity index (χ3v) is 7.63. The van der Waals surface area contributed by atoms with E-state index >= 15 is 0 Å². The van der Waals surface area contributed by atoms with E-state index in [1.807, 2.05) is 37.5 Å². The van der Waals surface area contributed by atoms with Crippen molar-refractivity contribution >= 4 is 23.3 Å². The normalized spacial score (nSPS) is 24.2. The second-order valence-corrected chi connectivity index (χ2v) is 9.96. The predicted molar refractivity (Wildman–Crippen MR) is 129 cm³/mol. The zero-order valence-corrected chi connectivity index (χ0v) is 19.6. The summed E-state index contributed by atoms with van der Waals surface area (Å²) in [7, 11) is 0. The van der Waals surface area contributed by atoms with Crippen LogP contribution in [-0.2, 0) is 22.5 Å². The van der Waals surface area contributed by atoms with E-state index in [0.717, 1.165) is 60.6 Å². The number of anilines is 1. The average Bonchev–Trinajstić information content (AvgIpc) is 3.63. The maximum absolute atomic E-state index is 12.4. The van der Waals surface area contributed by atoms with E-state index < -0.39 is 0 Å². The Hall–Kier alpha value is -2.90. The zero-order valence-electron chi connectivity index (χ0n) is 19.6. The fourth-order valence-corrected chi connectivity index (χ4v) is 5.46. The number of carbonyl (C=O) groups is 2. The summed E-state index contributed by atoms with van der Waals surface area (Å²) in [5.74, 6) is 0.695. The molecule has 2 atom stereocenters. The number of allylic oxidation sites excluding steroid dienone is 1. The van der Waals surface area contributed by atoms with Crippen LogP contribution in [0.15, 0.2) is 36.2 Å². The Morgan fingerprint density at radius 1 is 1.15 bits per heavy atom. The molecular formula is C27H30N4O3. The lowest BCUT2D eigenvalue weighted by atomic mass is 9.91. The topological polar surface area (TPSA) is 75.6 Å². The van der Waals surface area contributed by atoms with Crippen molar-refractivity contribution in [1.29, 1.82) is 0 Å². The van der Waals surface area contributed by atoms with Crippen LogP contribution in [0.25, 0.3) is 6.08 Å². The molecule has 4 aliphatic rings. The van der Waals surface area contributed by atoms with Crippen LogP contribution in [0.2, 0.25) is 0 Å². The van der Waals surface area contributed by atoms with Crippen LogP contribution < -0.4 is 4.90 Å². The van der Waals surface area contributed by atoms with E-state index in [1.165, 1.54) is 0 Å². The molecular weight excluding hydrogens is 428 g/mol. The molecule has 0 aromatic carbocycles. The van der Waals surface area contributed by atoms with E-state index in [2.05, 4.69) is 20.9 Å². The quantitative estimate of drug-likeness (QED) is 0.590. The lowest BCUT2D eigenvalue weighted by molar-refractivity contribution is -0.115. The summed E-state index contributed by atoms with van der Waals surface area (Å²) in [5.41, 5.74) is 5.78. The van der Waals surface area contributed by atoms with Crippen molar-refractivity contribution in [2.45, 2.75) is 51.2 Å². The van der Waals surface area contributed by atoms with E-state index in [9.17, 15) is 9.59 Å². The van der Waals surface area contributed by atoms with Crippen molar-refractivity contribution in [3.8, 4) is 0 Å². The molecule has 0 radical (unpaired) electrons. The Labute approximate surface area is 199 Å². The fraction of sp³-hybridized carbons (Fsp3) is 0.481. The standard InChI is InChI=1S/C27H30N4O3/c1-2-18-8-20-12-28-21(9-19(20)10-26(18)32)14-30-5-6-31(25-11-24(25)30)22-3-4-23(29-13-22)27(33)7-17-15-34-16-17/h3-4,8-9,12-13,17,24-25H,2,5-7,10-11,14-16H2,1H3/t24-,25+/m0/s1. The van der Waals surface area contributed by atoms with Gasteiger partial charge < -0.3 is 9.64 Å². The Kier molecular flexibility index (Phi) is 5.54. The summed E-state index contributed by atoms with van der Waals surface area (Å²) >= 11 is 0. The Bertz CT molecular complexity index is 1150. The second kappa shape index (κ2) is 8.71. The van der Waals surface area contributed by atoms with E-state index in [0.29, 0.717) is 49.8 Å². The van der Waals surface area contributed by atoms with Crippen LogP contribution in [-0.4, -0.2) is 64.8 Å². The smallest absolute Gasteiger partial charge is 0.181 e. The minimum atomic E-state index is 0.106. The van der Waals surface area contributed by atoms with Gasteiger partial charge in [0.15, 0.2) is 11.6 Å². The van der Waals surface area contributed by atoms with E-state index in [4.69, 9.17) is 9.72 Å². The molecule has 4 heterocycles. The molecule has 0 spiro atoms. The summed E-state index contributed by atoms with van der Waals surface area (Å²) in [6.07, 6.45) is 8.71. The van der Waals surface area contributed by atoms with Crippen LogP contribution in [0.4, 0.5) is 5.69 Å². The number of pyridine rings is 2. The highest BCUT2D eigenvalue weighted by Crippen LogP contribution is 2.40. The van der Waals surface area contributed by atoms with Gasteiger partial charge in [0.1, 0.15) is 5.69 Å². The SMILES string of the molecule is CCC1=Cc2cnc(CN3CCN(c4ccc(C(=O)CC5COC5)nc4)[C@@H]4C[C@@H]43)cc2CC1=O. The maximum atomic E-state index is 12.4. The molecule has 6 rings (SSSR count). The third kappa shape index (κ3) is 4.07. The molecule has 176 valence electrons. The van der Waals surface area contributed by atoms with Gasteiger partial charge in [0, 0.05) is 56.7 Å². The highest BCUT2D eigenvalue weighted by Gasteiger charge is 2.49. The molecule has 34 heavy (non-hydrogen) atoms. The largest absolute Gasteiger partial charge is 0.381 e. The fourth-order valence-electron chi connectivity index (χ4n) is 5.46. The Morgan fingerprint density at radius 3 is 2.76 bits per heavy atom. The number of carbonyl (C=O) groups excluding carboxylic acids is 2. The number of rotatable bonds is 7. The van der Waals surface area contributed by atoms with Crippen molar-refractivity contribution < 1.29 is 14.3 Å². The minimum absolute atomic E-state index is 0.106. The Balaban J connectivity index is 1.08. The van der Waals surface area contributed by atoms with E-state index in [-0.39, 0.29) is 11.6 Å². The number of nitrogens with zero attached hydrogens (tertiary/aromatic N) is 4. The number of hydrogen-bond acceptors (Lipinski definition) is 7. The number of piperazine rings is 1. The first-order valence-corrected chi connectivity index (χ1v) is 12.4. The van der Waals surface area contributed by atoms with Gasteiger partial charge in [0.2, 0.25) is 0 Å². The summed E-state index contributed by atoms with van der Waals surface area (Å²) < 4.78 is 5.17. The molecule has 2 aromatic rings. The number of fused-ring (bicyclic) bond motifs is 2. The van der Waals surface area contributed by atoms with Crippen molar-refractivity contribution in [3.63, 3.8) is 0 Å². The maximum Gasteiger partial charge on any atom is 0.181 e. The lowest BCUT2D eigenvalue weighted by Gasteiger charge is -2.35. The molecule has 0 bridgehead atoms. The molecule has 1 saturated carbocycles. The molecule has 0 unspecified atom stereocenters. The number of ketones is 2. The molecule has 2 saturated heterocycles. The minimum Gasteiger partial charge on any atom is -0.381 e. The molecule has 2 aliphatic carbocycles. The molecule has 2 aliphatic heterocycles. The van der Waals surface area contributed by atoms with Gasteiger partial charge in [-0.3, -0.25) is 24.5 Å². The molecule has 7 heteroatoms. The summed E-state index contributed by atoms with van der Waals surface area (Å²) in [6, 6.07) is 7.04. The Morgan fingerprint density at radius 2 is 2.03 bits per heavy atom. The van der Waals surface area contributed by atoms with Gasteiger partial charge in [0.05, 0.1) is 30.8 Å². The van der Waals surface area contributed by atoms with Crippen molar-refractivity contribution in [1.82, 2.24) is 14.9 Å². The number of aromatic nitrogens is 2. The van der Waals surface area contributed by atoms with Gasteiger partial charge in [-0.1, -0.05) is 6.92 Å². The van der Waals surface area contributed by atoms with Gasteiger partial charge in [-0.2, -0.15) is 0 Å². The lowest BCUT2D eigenvalue weighted by Crippen LogP contribution is -2.46. The highest BCUT2D eigenvalue weighted by atomic mass is 16.5. The summed E-state index contributed by atoms with van der Waals surface area (Å²) in [5, 5.41) is 0. The molecule has 7 nitrogen and oxygen atoms in total. The first-order chi connectivity index (χ1) is 16.6. The average molecular weight is 459 g/mol. The van der Waals surface area contributed by atoms with E-state index in [1.54, 1.807) is 0 Å². The summed E-state index contributed by atoms with van der Waals surface area (Å²) in [4.78, 5) is 38.8. The first-order valence-electron chi connectivity index (χ1n) is 12.4. The van der Waals surface area contributed by atoms with Crippen molar-refractivity contribution in [3.05, 3.63) is 58.7 Å². The van der Waals surface area contributed by atoms with Crippen molar-refractivity contribution in [2.24, 2.45) is 5.92 Å². The molecule has 2 aromatic heterocycles. The molecule has 3 fully saturated rings. The second-order valence-electron chi connectivity index (χ2n) is 9.96. The highest BCUT2D eigenvalue weighted by molar-refractivity contribution is 6.03. The number of hydrogen-bond donors (Lipinski definition) is 0. The monoisotopic (exact) mass is 458 g/mol. The number of ether oxygens (including phenoxy) is 1. The van der Waals surface area contributed by atoms with Crippen LogP contribution in [0.5, 0.6) is 0 Å². The molecule has 0 amide bonds. The van der Waals surface area contributed by atoms with Gasteiger partial charge in [-0.25, -0.2) is 0 Å². The molecule has 0 N–H and O–H groups in total. The third-order valence-electron chi connectivity index (χ3n) is 7.63. The van der Waals surface area contributed by atoms with Gasteiger partial charge in [-0.15, -0.1) is 0 Å². The van der Waals surface area contributed by atoms with Crippen LogP contribution >= 0.6 is 0 Å².